The van der Waals surface area contributed by atoms with Gasteiger partial charge in [-0.25, -0.2) is 9.97 Å². The highest BCUT2D eigenvalue weighted by Gasteiger charge is 2.21. The summed E-state index contributed by atoms with van der Waals surface area (Å²) in [7, 11) is 0. The molecule has 52 heavy (non-hydrogen) atoms. The lowest BCUT2D eigenvalue weighted by Gasteiger charge is -2.20. The van der Waals surface area contributed by atoms with E-state index in [0.29, 0.717) is 0 Å². The molecule has 0 unspecified atom stereocenters. The third-order valence-electron chi connectivity index (χ3n) is 10.4. The van der Waals surface area contributed by atoms with Crippen LogP contribution in [0.25, 0.3) is 99.0 Å². The molecule has 0 amide bonds. The van der Waals surface area contributed by atoms with E-state index >= 15 is 0 Å². The molecule has 1 heterocycles. The smallest absolute Gasteiger partial charge is 0.160 e. The highest BCUT2D eigenvalue weighted by Crippen LogP contribution is 2.47. The van der Waals surface area contributed by atoms with Gasteiger partial charge in [0, 0.05) is 23.5 Å². The molecule has 0 radical (unpaired) electrons. The Bertz CT molecular complexity index is 2860. The van der Waals surface area contributed by atoms with Crippen LogP contribution in [0.5, 0.6) is 0 Å². The van der Waals surface area contributed by atoms with Gasteiger partial charge in [-0.15, -0.1) is 0 Å². The van der Waals surface area contributed by atoms with E-state index < -0.39 is 0 Å². The van der Waals surface area contributed by atoms with Crippen LogP contribution >= 0.6 is 0 Å². The summed E-state index contributed by atoms with van der Waals surface area (Å²) in [5, 5.41) is 9.60. The number of aromatic nitrogens is 2. The Morgan fingerprint density at radius 3 is 1.04 bits per heavy atom. The summed E-state index contributed by atoms with van der Waals surface area (Å²) in [5.41, 5.74) is 10.5. The molecule has 0 fully saturated rings. The molecule has 0 bridgehead atoms. The standard InChI is InChI=1S/C50H32N2/c1-4-16-33(17-5-1)37-31-51-50(52-32-37)49-42-26-14-12-24-40(42)48(41-25-13-15-27-43(41)49)36-28-29-44-45(30-36)47(35-20-8-3-9-21-35)39-23-11-10-22-38(39)46(44)34-18-6-2-7-19-34/h1-32H. The molecule has 2 heteroatoms. The Kier molecular flexibility index (Phi) is 7.18. The maximum absolute atomic E-state index is 4.97. The van der Waals surface area contributed by atoms with Crippen molar-refractivity contribution in [3.05, 3.63) is 194 Å². The largest absolute Gasteiger partial charge is 0.236 e. The van der Waals surface area contributed by atoms with E-state index in [9.17, 15) is 0 Å². The number of fused-ring (bicyclic) bond motifs is 4. The second-order valence-corrected chi connectivity index (χ2v) is 13.3. The Morgan fingerprint density at radius 2 is 0.577 bits per heavy atom. The van der Waals surface area contributed by atoms with Gasteiger partial charge in [-0.05, 0) is 88.1 Å². The Labute approximate surface area is 302 Å². The summed E-state index contributed by atoms with van der Waals surface area (Å²) in [4.78, 5) is 9.94. The summed E-state index contributed by atoms with van der Waals surface area (Å²) in [5.74, 6) is 0.725. The summed E-state index contributed by atoms with van der Waals surface area (Å²) >= 11 is 0. The first-order valence-electron chi connectivity index (χ1n) is 17.7. The van der Waals surface area contributed by atoms with Gasteiger partial charge in [0.2, 0.25) is 0 Å². The van der Waals surface area contributed by atoms with E-state index in [-0.39, 0.29) is 0 Å². The van der Waals surface area contributed by atoms with Gasteiger partial charge < -0.3 is 0 Å². The van der Waals surface area contributed by atoms with Crippen LogP contribution in [0.3, 0.4) is 0 Å². The quantitative estimate of drug-likeness (QED) is 0.172. The molecule has 0 aliphatic carbocycles. The van der Waals surface area contributed by atoms with E-state index in [2.05, 4.69) is 164 Å². The minimum atomic E-state index is 0.725. The summed E-state index contributed by atoms with van der Waals surface area (Å²) in [6.45, 7) is 0. The molecule has 0 aliphatic heterocycles. The van der Waals surface area contributed by atoms with Crippen molar-refractivity contribution in [2.24, 2.45) is 0 Å². The summed E-state index contributed by atoms with van der Waals surface area (Å²) < 4.78 is 0. The van der Waals surface area contributed by atoms with Crippen molar-refractivity contribution in [1.82, 2.24) is 9.97 Å². The molecular weight excluding hydrogens is 629 g/mol. The predicted octanol–water partition coefficient (Wildman–Crippen LogP) is 13.4. The van der Waals surface area contributed by atoms with Gasteiger partial charge >= 0.3 is 0 Å². The average Bonchev–Trinajstić information content (AvgIpc) is 3.22. The van der Waals surface area contributed by atoms with Crippen molar-refractivity contribution in [3.63, 3.8) is 0 Å². The molecule has 9 aromatic carbocycles. The molecule has 242 valence electrons. The fourth-order valence-electron chi connectivity index (χ4n) is 8.08. The zero-order chi connectivity index (χ0) is 34.4. The van der Waals surface area contributed by atoms with Crippen LogP contribution in [0.2, 0.25) is 0 Å². The Morgan fingerprint density at radius 1 is 0.231 bits per heavy atom. The van der Waals surface area contributed by atoms with Gasteiger partial charge in [0.1, 0.15) is 0 Å². The second kappa shape index (κ2) is 12.5. The lowest BCUT2D eigenvalue weighted by Crippen LogP contribution is -1.95. The van der Waals surface area contributed by atoms with Crippen LogP contribution in [-0.4, -0.2) is 9.97 Å². The topological polar surface area (TPSA) is 25.8 Å². The van der Waals surface area contributed by atoms with Crippen LogP contribution in [0.1, 0.15) is 0 Å². The van der Waals surface area contributed by atoms with Gasteiger partial charge in [-0.3, -0.25) is 0 Å². The lowest BCUT2D eigenvalue weighted by molar-refractivity contribution is 1.19. The van der Waals surface area contributed by atoms with E-state index in [1.165, 1.54) is 65.7 Å². The van der Waals surface area contributed by atoms with Crippen molar-refractivity contribution in [3.8, 4) is 55.9 Å². The fraction of sp³-hybridized carbons (Fsp3) is 0. The van der Waals surface area contributed by atoms with Crippen LogP contribution in [-0.2, 0) is 0 Å². The predicted molar refractivity (Wildman–Crippen MR) is 219 cm³/mol. The average molecular weight is 661 g/mol. The second-order valence-electron chi connectivity index (χ2n) is 13.3. The van der Waals surface area contributed by atoms with Crippen molar-refractivity contribution in [2.75, 3.05) is 0 Å². The van der Waals surface area contributed by atoms with Gasteiger partial charge in [-0.2, -0.15) is 0 Å². The van der Waals surface area contributed by atoms with Crippen molar-refractivity contribution in [1.29, 1.82) is 0 Å². The Hall–Kier alpha value is -6.90. The number of nitrogens with zero attached hydrogens (tertiary/aromatic N) is 2. The first kappa shape index (κ1) is 30.0. The molecule has 10 aromatic rings. The fourth-order valence-corrected chi connectivity index (χ4v) is 8.08. The van der Waals surface area contributed by atoms with E-state index in [0.717, 1.165) is 33.3 Å². The molecule has 0 N–H and O–H groups in total. The highest BCUT2D eigenvalue weighted by atomic mass is 14.9. The molecule has 1 aromatic heterocycles. The molecule has 2 nitrogen and oxygen atoms in total. The van der Waals surface area contributed by atoms with Crippen LogP contribution < -0.4 is 0 Å². The van der Waals surface area contributed by atoms with E-state index in [1.54, 1.807) is 0 Å². The molecule has 0 aliphatic rings. The van der Waals surface area contributed by atoms with Gasteiger partial charge in [0.15, 0.2) is 5.82 Å². The molecular formula is C50H32N2. The van der Waals surface area contributed by atoms with Crippen molar-refractivity contribution >= 4 is 43.1 Å². The number of hydrogen-bond acceptors (Lipinski definition) is 2. The number of benzene rings is 9. The van der Waals surface area contributed by atoms with Crippen molar-refractivity contribution in [2.45, 2.75) is 0 Å². The van der Waals surface area contributed by atoms with Gasteiger partial charge in [-0.1, -0.05) is 176 Å². The zero-order valence-electron chi connectivity index (χ0n) is 28.4. The monoisotopic (exact) mass is 660 g/mol. The van der Waals surface area contributed by atoms with Crippen molar-refractivity contribution < 1.29 is 0 Å². The molecule has 0 saturated carbocycles. The normalized spacial score (nSPS) is 11.5. The van der Waals surface area contributed by atoms with Gasteiger partial charge in [0.05, 0.1) is 0 Å². The maximum Gasteiger partial charge on any atom is 0.160 e. The third kappa shape index (κ3) is 4.88. The summed E-state index contributed by atoms with van der Waals surface area (Å²) in [6, 6.07) is 65.3. The molecule has 0 atom stereocenters. The minimum Gasteiger partial charge on any atom is -0.236 e. The molecule has 0 saturated heterocycles. The zero-order valence-corrected chi connectivity index (χ0v) is 28.4. The van der Waals surface area contributed by atoms with E-state index in [1.807, 2.05) is 30.6 Å². The summed E-state index contributed by atoms with van der Waals surface area (Å²) in [6.07, 6.45) is 3.89. The molecule has 0 spiro atoms. The van der Waals surface area contributed by atoms with Crippen LogP contribution in [0.15, 0.2) is 194 Å². The molecule has 10 rings (SSSR count). The van der Waals surface area contributed by atoms with Crippen LogP contribution in [0, 0.1) is 0 Å². The van der Waals surface area contributed by atoms with Gasteiger partial charge in [0.25, 0.3) is 0 Å². The first-order valence-corrected chi connectivity index (χ1v) is 17.7. The SMILES string of the molecule is c1ccc(-c2cnc(-c3c4ccccc4c(-c4ccc5c(-c6ccccc6)c6ccccc6c(-c6ccccc6)c5c4)c4ccccc34)nc2)cc1. The lowest BCUT2D eigenvalue weighted by atomic mass is 9.83. The third-order valence-corrected chi connectivity index (χ3v) is 10.4. The maximum atomic E-state index is 4.97. The minimum absolute atomic E-state index is 0.725. The highest BCUT2D eigenvalue weighted by molar-refractivity contribution is 6.24. The number of hydrogen-bond donors (Lipinski definition) is 0. The van der Waals surface area contributed by atoms with Crippen LogP contribution in [0.4, 0.5) is 0 Å². The van der Waals surface area contributed by atoms with E-state index in [4.69, 9.17) is 9.97 Å². The first-order chi connectivity index (χ1) is 25.8. The Balaban J connectivity index is 1.27. The number of rotatable bonds is 5.